The first kappa shape index (κ1) is 21.7. The second kappa shape index (κ2) is 8.45. The molecular formula is C29H31N5O. The average Bonchev–Trinajstić information content (AvgIpc) is 3.60. The molecule has 0 radical (unpaired) electrons. The molecule has 1 fully saturated rings. The normalized spacial score (nSPS) is 20.6. The molecule has 2 N–H and O–H groups in total. The van der Waals surface area contributed by atoms with Crippen LogP contribution >= 0.6 is 0 Å². The Bertz CT molecular complexity index is 1520. The van der Waals surface area contributed by atoms with Crippen LogP contribution in [0.4, 0.5) is 0 Å². The fraction of sp³-hybridized carbons (Fsp3) is 0.310. The summed E-state index contributed by atoms with van der Waals surface area (Å²) in [7, 11) is 4.07. The molecule has 0 saturated heterocycles. The largest absolute Gasteiger partial charge is 0.483 e. The van der Waals surface area contributed by atoms with Gasteiger partial charge in [-0.3, -0.25) is 0 Å². The van der Waals surface area contributed by atoms with E-state index < -0.39 is 0 Å². The summed E-state index contributed by atoms with van der Waals surface area (Å²) in [5, 5.41) is 0. The maximum atomic E-state index is 6.83. The van der Waals surface area contributed by atoms with E-state index in [0.717, 1.165) is 65.2 Å². The van der Waals surface area contributed by atoms with Crippen molar-refractivity contribution in [3.63, 3.8) is 0 Å². The number of benzene rings is 2. The Morgan fingerprint density at radius 1 is 1.00 bits per heavy atom. The number of nitrogens with two attached hydrogens (primary N) is 1. The van der Waals surface area contributed by atoms with Gasteiger partial charge < -0.3 is 19.6 Å². The van der Waals surface area contributed by atoms with Crippen LogP contribution in [-0.2, 0) is 25.3 Å². The van der Waals surface area contributed by atoms with Crippen LogP contribution in [-0.4, -0.2) is 24.7 Å². The topological polar surface area (TPSA) is 70.9 Å². The smallest absolute Gasteiger partial charge is 0.156 e. The molecule has 1 atom stereocenters. The monoisotopic (exact) mass is 465 g/mol. The molecule has 2 aliphatic carbocycles. The molecule has 0 bridgehead atoms. The number of rotatable bonds is 6. The Hall–Kier alpha value is -3.80. The molecule has 2 aliphatic rings. The first-order chi connectivity index (χ1) is 17.0. The van der Waals surface area contributed by atoms with Crippen LogP contribution in [0.5, 0.6) is 0 Å². The Morgan fingerprint density at radius 2 is 1.71 bits per heavy atom. The van der Waals surface area contributed by atoms with Crippen LogP contribution < -0.4 is 5.73 Å². The van der Waals surface area contributed by atoms with Crippen LogP contribution in [0.25, 0.3) is 27.8 Å². The highest BCUT2D eigenvalue weighted by Gasteiger charge is 2.43. The molecule has 6 heteroatoms. The van der Waals surface area contributed by atoms with Crippen molar-refractivity contribution in [2.24, 2.45) is 19.8 Å². The van der Waals surface area contributed by atoms with Gasteiger partial charge in [0, 0.05) is 26.6 Å². The van der Waals surface area contributed by atoms with E-state index in [0.29, 0.717) is 12.1 Å². The van der Waals surface area contributed by atoms with E-state index in [1.54, 1.807) is 0 Å². The van der Waals surface area contributed by atoms with E-state index in [1.165, 1.54) is 12.0 Å². The number of hydrogen-bond acceptors (Lipinski definition) is 4. The highest BCUT2D eigenvalue weighted by atomic mass is 16.5. The van der Waals surface area contributed by atoms with Gasteiger partial charge in [0.1, 0.15) is 17.2 Å². The zero-order valence-corrected chi connectivity index (χ0v) is 20.4. The van der Waals surface area contributed by atoms with E-state index in [9.17, 15) is 0 Å². The molecular weight excluding hydrogens is 434 g/mol. The number of aryl methyl sites for hydroxylation is 2. The number of allylic oxidation sites excluding steroid dienone is 3. The second-order valence-corrected chi connectivity index (χ2v) is 9.69. The highest BCUT2D eigenvalue weighted by Crippen LogP contribution is 2.47. The van der Waals surface area contributed by atoms with Crippen molar-refractivity contribution in [2.75, 3.05) is 0 Å². The van der Waals surface area contributed by atoms with Crippen molar-refractivity contribution in [1.82, 2.24) is 19.1 Å². The molecule has 2 aromatic heterocycles. The maximum absolute atomic E-state index is 6.83. The van der Waals surface area contributed by atoms with Crippen molar-refractivity contribution in [3.8, 4) is 0 Å². The van der Waals surface area contributed by atoms with Gasteiger partial charge in [-0.2, -0.15) is 0 Å². The molecule has 0 amide bonds. The summed E-state index contributed by atoms with van der Waals surface area (Å²) < 4.78 is 11.0. The molecule has 4 aromatic rings. The van der Waals surface area contributed by atoms with Crippen molar-refractivity contribution in [2.45, 2.75) is 44.1 Å². The van der Waals surface area contributed by atoms with Crippen LogP contribution in [0.15, 0.2) is 78.1 Å². The van der Waals surface area contributed by atoms with Gasteiger partial charge in [-0.25, -0.2) is 9.97 Å². The van der Waals surface area contributed by atoms with Gasteiger partial charge >= 0.3 is 0 Å². The Morgan fingerprint density at radius 3 is 2.46 bits per heavy atom. The van der Waals surface area contributed by atoms with Gasteiger partial charge in [-0.15, -0.1) is 0 Å². The fourth-order valence-electron chi connectivity index (χ4n) is 5.72. The SMILES string of the molecule is Cn1c(C/C=C(\C=C(/N)c2nc3ccccc3n2C)OC23CCC=C2CCC3)nc2ccccc21. The molecule has 2 aromatic carbocycles. The summed E-state index contributed by atoms with van der Waals surface area (Å²) in [6.45, 7) is 0. The van der Waals surface area contributed by atoms with Crippen LogP contribution in [0.2, 0.25) is 0 Å². The third-order valence-electron chi connectivity index (χ3n) is 7.57. The number of fused-ring (bicyclic) bond motifs is 3. The van der Waals surface area contributed by atoms with Gasteiger partial charge in [0.05, 0.1) is 27.8 Å². The Balaban J connectivity index is 1.38. The third kappa shape index (κ3) is 3.73. The van der Waals surface area contributed by atoms with Gasteiger partial charge in [0.25, 0.3) is 0 Å². The summed E-state index contributed by atoms with van der Waals surface area (Å²) in [6.07, 6.45) is 12.6. The minimum atomic E-state index is -0.193. The van der Waals surface area contributed by atoms with Gasteiger partial charge in [0.2, 0.25) is 0 Å². The predicted molar refractivity (Wildman–Crippen MR) is 140 cm³/mol. The van der Waals surface area contributed by atoms with E-state index >= 15 is 0 Å². The minimum absolute atomic E-state index is 0.193. The van der Waals surface area contributed by atoms with Gasteiger partial charge in [-0.05, 0) is 68.0 Å². The van der Waals surface area contributed by atoms with Crippen LogP contribution in [0.3, 0.4) is 0 Å². The first-order valence-corrected chi connectivity index (χ1v) is 12.4. The van der Waals surface area contributed by atoms with Crippen LogP contribution in [0, 0.1) is 0 Å². The zero-order chi connectivity index (χ0) is 24.0. The van der Waals surface area contributed by atoms with E-state index in [4.69, 9.17) is 20.4 Å². The zero-order valence-electron chi connectivity index (χ0n) is 20.4. The van der Waals surface area contributed by atoms with E-state index in [2.05, 4.69) is 42.0 Å². The number of hydrogen-bond donors (Lipinski definition) is 1. The standard InChI is InChI=1S/C29H31N5O/c1-33-25-13-5-3-11-23(25)31-27(33)16-15-21(35-29-17-7-9-20(29)10-8-18-29)19-22(30)28-32-24-12-4-6-14-26(24)34(28)2/h3-6,9,11-15,19H,7-8,10,16-18,30H2,1-2H3/b21-15+,22-19-. The van der Waals surface area contributed by atoms with Crippen molar-refractivity contribution in [3.05, 3.63) is 89.7 Å². The summed E-state index contributed by atoms with van der Waals surface area (Å²) in [5.41, 5.74) is 12.6. The molecule has 0 spiro atoms. The van der Waals surface area contributed by atoms with Gasteiger partial charge in [-0.1, -0.05) is 30.3 Å². The lowest BCUT2D eigenvalue weighted by atomic mass is 9.98. The molecule has 6 nitrogen and oxygen atoms in total. The Labute approximate surface area is 205 Å². The lowest BCUT2D eigenvalue weighted by Crippen LogP contribution is -2.27. The van der Waals surface area contributed by atoms with Crippen molar-refractivity contribution in [1.29, 1.82) is 0 Å². The average molecular weight is 466 g/mol. The first-order valence-electron chi connectivity index (χ1n) is 12.4. The fourth-order valence-corrected chi connectivity index (χ4v) is 5.72. The molecule has 6 rings (SSSR count). The summed E-state index contributed by atoms with van der Waals surface area (Å²) in [6, 6.07) is 16.3. The highest BCUT2D eigenvalue weighted by molar-refractivity contribution is 5.79. The Kier molecular flexibility index (Phi) is 5.24. The summed E-state index contributed by atoms with van der Waals surface area (Å²) >= 11 is 0. The lowest BCUT2D eigenvalue weighted by Gasteiger charge is -2.29. The number of para-hydroxylation sites is 4. The number of imidazole rings is 2. The maximum Gasteiger partial charge on any atom is 0.156 e. The lowest BCUT2D eigenvalue weighted by molar-refractivity contribution is 0.0468. The minimum Gasteiger partial charge on any atom is -0.483 e. The van der Waals surface area contributed by atoms with E-state index in [-0.39, 0.29) is 5.60 Å². The molecule has 178 valence electrons. The molecule has 1 saturated carbocycles. The number of ether oxygens (including phenoxy) is 1. The van der Waals surface area contributed by atoms with Gasteiger partial charge in [0.15, 0.2) is 5.82 Å². The van der Waals surface area contributed by atoms with E-state index in [1.807, 2.05) is 48.0 Å². The molecule has 2 heterocycles. The quantitative estimate of drug-likeness (QED) is 0.230. The molecule has 0 aliphatic heterocycles. The molecule has 1 unspecified atom stereocenters. The number of aromatic nitrogens is 4. The van der Waals surface area contributed by atoms with Crippen LogP contribution in [0.1, 0.15) is 43.8 Å². The predicted octanol–water partition coefficient (Wildman–Crippen LogP) is 5.55. The second-order valence-electron chi connectivity index (χ2n) is 9.69. The van der Waals surface area contributed by atoms with Crippen molar-refractivity contribution >= 4 is 27.8 Å². The molecule has 35 heavy (non-hydrogen) atoms. The third-order valence-corrected chi connectivity index (χ3v) is 7.57. The number of nitrogens with zero attached hydrogens (tertiary/aromatic N) is 4. The summed E-state index contributed by atoms with van der Waals surface area (Å²) in [4.78, 5) is 9.63. The van der Waals surface area contributed by atoms with Crippen molar-refractivity contribution < 1.29 is 4.74 Å². The summed E-state index contributed by atoms with van der Waals surface area (Å²) in [5.74, 6) is 2.53.